The number of hydrogen-bond acceptors (Lipinski definition) is 7. The third-order valence-electron chi connectivity index (χ3n) is 6.00. The molecule has 8 heteroatoms. The molecule has 168 valence electrons. The molecule has 1 aliphatic rings. The Morgan fingerprint density at radius 2 is 2.06 bits per heavy atom. The van der Waals surface area contributed by atoms with Gasteiger partial charge in [0.2, 0.25) is 0 Å². The lowest BCUT2D eigenvalue weighted by Gasteiger charge is -2.22. The van der Waals surface area contributed by atoms with E-state index in [4.69, 9.17) is 10.7 Å². The van der Waals surface area contributed by atoms with Crippen molar-refractivity contribution in [2.75, 3.05) is 18.0 Å². The maximum absolute atomic E-state index is 14.4. The van der Waals surface area contributed by atoms with E-state index in [1.165, 1.54) is 12.3 Å². The smallest absolute Gasteiger partial charge is 0.185 e. The van der Waals surface area contributed by atoms with Gasteiger partial charge in [-0.25, -0.2) is 19.3 Å². The minimum absolute atomic E-state index is 0.108. The third-order valence-corrected chi connectivity index (χ3v) is 6.94. The van der Waals surface area contributed by atoms with E-state index in [9.17, 15) is 9.18 Å². The Morgan fingerprint density at radius 1 is 1.21 bits per heavy atom. The van der Waals surface area contributed by atoms with Crippen molar-refractivity contribution in [3.63, 3.8) is 0 Å². The summed E-state index contributed by atoms with van der Waals surface area (Å²) in [6.45, 7) is 5.36. The van der Waals surface area contributed by atoms with Crippen LogP contribution in [0.25, 0.3) is 21.6 Å². The van der Waals surface area contributed by atoms with E-state index in [2.05, 4.69) is 14.9 Å². The number of hydrogen-bond donors (Lipinski definition) is 1. The molecule has 2 aromatic heterocycles. The number of fused-ring (bicyclic) bond motifs is 1. The average molecular weight is 462 g/mol. The van der Waals surface area contributed by atoms with Gasteiger partial charge in [-0.05, 0) is 49.6 Å². The Morgan fingerprint density at radius 3 is 2.82 bits per heavy atom. The van der Waals surface area contributed by atoms with Crippen molar-refractivity contribution in [1.82, 2.24) is 15.0 Å². The zero-order valence-corrected chi connectivity index (χ0v) is 19.3. The summed E-state index contributed by atoms with van der Waals surface area (Å²) in [5.41, 5.74) is 10.3. The molecule has 0 bridgehead atoms. The molecule has 0 unspecified atom stereocenters. The number of benzene rings is 2. The van der Waals surface area contributed by atoms with Crippen molar-refractivity contribution in [1.29, 1.82) is 0 Å². The quantitative estimate of drug-likeness (QED) is 0.442. The summed E-state index contributed by atoms with van der Waals surface area (Å²) >= 11 is 1.64. The van der Waals surface area contributed by atoms with Crippen molar-refractivity contribution in [2.24, 2.45) is 5.73 Å². The molecule has 5 rings (SSSR count). The topological polar surface area (TPSA) is 85.0 Å². The molecular formula is C25H24FN5OS. The molecule has 0 spiro atoms. The van der Waals surface area contributed by atoms with Crippen molar-refractivity contribution >= 4 is 33.0 Å². The number of halogens is 1. The van der Waals surface area contributed by atoms with Gasteiger partial charge in [-0.3, -0.25) is 4.79 Å². The summed E-state index contributed by atoms with van der Waals surface area (Å²) in [6, 6.07) is 10.5. The highest BCUT2D eigenvalue weighted by Gasteiger charge is 2.26. The largest absolute Gasteiger partial charge is 0.368 e. The van der Waals surface area contributed by atoms with Crippen LogP contribution in [-0.2, 0) is 6.42 Å². The second-order valence-corrected chi connectivity index (χ2v) is 9.68. The number of rotatable bonds is 5. The van der Waals surface area contributed by atoms with Crippen LogP contribution in [0.5, 0.6) is 0 Å². The molecule has 4 aromatic rings. The molecule has 3 heterocycles. The van der Waals surface area contributed by atoms with Gasteiger partial charge in [-0.2, -0.15) is 0 Å². The number of ketones is 1. The van der Waals surface area contributed by atoms with Crippen LogP contribution >= 0.6 is 11.3 Å². The number of carbonyl (C=O) groups excluding carboxylic acids is 1. The summed E-state index contributed by atoms with van der Waals surface area (Å²) in [4.78, 5) is 28.9. The predicted molar refractivity (Wildman–Crippen MR) is 129 cm³/mol. The van der Waals surface area contributed by atoms with Crippen LogP contribution in [0.3, 0.4) is 0 Å². The highest BCUT2D eigenvalue weighted by atomic mass is 32.1. The number of anilines is 1. The van der Waals surface area contributed by atoms with E-state index in [-0.39, 0.29) is 29.8 Å². The Bertz CT molecular complexity index is 1350. The Balaban J connectivity index is 1.51. The fourth-order valence-electron chi connectivity index (χ4n) is 4.43. The summed E-state index contributed by atoms with van der Waals surface area (Å²) < 4.78 is 15.5. The van der Waals surface area contributed by atoms with E-state index in [1.807, 2.05) is 19.1 Å². The fraction of sp³-hybridized carbons (Fsp3) is 0.280. The Labute approximate surface area is 195 Å². The van der Waals surface area contributed by atoms with Crippen molar-refractivity contribution in [2.45, 2.75) is 32.7 Å². The molecule has 0 saturated carbocycles. The van der Waals surface area contributed by atoms with Crippen molar-refractivity contribution in [3.8, 4) is 11.4 Å². The van der Waals surface area contributed by atoms with Gasteiger partial charge in [0.25, 0.3) is 0 Å². The molecular weight excluding hydrogens is 437 g/mol. The molecule has 6 nitrogen and oxygen atoms in total. The van der Waals surface area contributed by atoms with E-state index in [0.29, 0.717) is 5.56 Å². The van der Waals surface area contributed by atoms with Gasteiger partial charge in [0.15, 0.2) is 11.6 Å². The first-order chi connectivity index (χ1) is 15.9. The molecule has 2 N–H and O–H groups in total. The van der Waals surface area contributed by atoms with Gasteiger partial charge in [0.1, 0.15) is 17.0 Å². The maximum Gasteiger partial charge on any atom is 0.185 e. The van der Waals surface area contributed by atoms with Crippen LogP contribution in [0.4, 0.5) is 10.1 Å². The van der Waals surface area contributed by atoms with Gasteiger partial charge >= 0.3 is 0 Å². The Kier molecular flexibility index (Phi) is 5.64. The first kappa shape index (κ1) is 21.6. The highest BCUT2D eigenvalue weighted by Crippen LogP contribution is 2.36. The zero-order valence-electron chi connectivity index (χ0n) is 18.5. The molecule has 1 atom stereocenters. The SMILES string of the molecule is Cc1nc2c(N3CC[C@@H](N)C3)c(CC(=O)c3ccnc(-c4c(C)cccc4F)n3)ccc2s1. The van der Waals surface area contributed by atoms with Crippen molar-refractivity contribution < 1.29 is 9.18 Å². The molecule has 2 aromatic carbocycles. The van der Waals surface area contributed by atoms with Gasteiger partial charge < -0.3 is 10.6 Å². The number of carbonyl (C=O) groups is 1. The lowest BCUT2D eigenvalue weighted by atomic mass is 10.0. The van der Waals surface area contributed by atoms with E-state index in [1.54, 1.807) is 36.5 Å². The number of aryl methyl sites for hydroxylation is 2. The van der Waals surface area contributed by atoms with Crippen LogP contribution in [-0.4, -0.2) is 39.9 Å². The minimum Gasteiger partial charge on any atom is -0.368 e. The zero-order chi connectivity index (χ0) is 23.1. The lowest BCUT2D eigenvalue weighted by Crippen LogP contribution is -2.27. The van der Waals surface area contributed by atoms with Gasteiger partial charge in [0.05, 0.1) is 21.0 Å². The van der Waals surface area contributed by atoms with E-state index in [0.717, 1.165) is 51.5 Å². The Hall–Kier alpha value is -3.23. The number of thiazole rings is 1. The van der Waals surface area contributed by atoms with E-state index < -0.39 is 5.82 Å². The first-order valence-electron chi connectivity index (χ1n) is 10.9. The third kappa shape index (κ3) is 4.12. The van der Waals surface area contributed by atoms with Gasteiger partial charge in [-0.1, -0.05) is 18.2 Å². The van der Waals surface area contributed by atoms with Crippen LogP contribution in [0.15, 0.2) is 42.6 Å². The van der Waals surface area contributed by atoms with E-state index >= 15 is 0 Å². The van der Waals surface area contributed by atoms with Gasteiger partial charge in [0, 0.05) is 31.7 Å². The second-order valence-electron chi connectivity index (χ2n) is 8.44. The summed E-state index contributed by atoms with van der Waals surface area (Å²) in [7, 11) is 0. The molecule has 1 fully saturated rings. The van der Waals surface area contributed by atoms with Crippen LogP contribution in [0.1, 0.15) is 33.0 Å². The molecule has 1 aliphatic heterocycles. The molecule has 0 radical (unpaired) electrons. The average Bonchev–Trinajstić information content (AvgIpc) is 3.38. The second kappa shape index (κ2) is 8.61. The van der Waals surface area contributed by atoms with Crippen LogP contribution in [0, 0.1) is 19.7 Å². The monoisotopic (exact) mass is 461 g/mol. The normalized spacial score (nSPS) is 16.0. The summed E-state index contributed by atoms with van der Waals surface area (Å²) in [5.74, 6) is -0.340. The minimum atomic E-state index is -0.406. The van der Waals surface area contributed by atoms with Crippen molar-refractivity contribution in [3.05, 3.63) is 70.2 Å². The predicted octanol–water partition coefficient (Wildman–Crippen LogP) is 4.47. The maximum atomic E-state index is 14.4. The molecule has 0 aliphatic carbocycles. The first-order valence-corrected chi connectivity index (χ1v) is 11.7. The molecule has 33 heavy (non-hydrogen) atoms. The van der Waals surface area contributed by atoms with Gasteiger partial charge in [-0.15, -0.1) is 11.3 Å². The fourth-order valence-corrected chi connectivity index (χ4v) is 5.26. The van der Waals surface area contributed by atoms with Crippen LogP contribution < -0.4 is 10.6 Å². The number of Topliss-reactive ketones (excluding diaryl/α,β-unsaturated/α-hetero) is 1. The summed E-state index contributed by atoms with van der Waals surface area (Å²) in [6.07, 6.45) is 2.58. The number of aromatic nitrogens is 3. The number of nitrogens with two attached hydrogens (primary N) is 1. The summed E-state index contributed by atoms with van der Waals surface area (Å²) in [5, 5.41) is 0.985. The molecule has 0 amide bonds. The lowest BCUT2D eigenvalue weighted by molar-refractivity contribution is 0.0988. The highest BCUT2D eigenvalue weighted by molar-refractivity contribution is 7.18. The van der Waals surface area contributed by atoms with Crippen LogP contribution in [0.2, 0.25) is 0 Å². The molecule has 1 saturated heterocycles. The standard InChI is InChI=1S/C25H24FN5OS/c1-14-4-3-5-18(26)22(14)25-28-10-8-19(30-25)20(32)12-16-6-7-21-23(29-15(2)33-21)24(16)31-11-9-17(27)13-31/h3-8,10,17H,9,11-13,27H2,1-2H3/t17-/m1/s1. The number of nitrogens with zero attached hydrogens (tertiary/aromatic N) is 4.